The van der Waals surface area contributed by atoms with E-state index in [-0.39, 0.29) is 59.1 Å². The van der Waals surface area contributed by atoms with Gasteiger partial charge in [-0.3, -0.25) is 38.6 Å². The van der Waals surface area contributed by atoms with Crippen molar-refractivity contribution in [2.45, 2.75) is 264 Å². The maximum absolute atomic E-state index is 16.4. The van der Waals surface area contributed by atoms with Crippen LogP contribution in [0.2, 0.25) is 0 Å². The number of thioether (sulfide) groups is 2. The summed E-state index contributed by atoms with van der Waals surface area (Å²) in [7, 11) is 0. The summed E-state index contributed by atoms with van der Waals surface area (Å²) in [5, 5.41) is 2.43. The molecule has 0 bridgehead atoms. The van der Waals surface area contributed by atoms with Gasteiger partial charge in [-0.2, -0.15) is 0 Å². The summed E-state index contributed by atoms with van der Waals surface area (Å²) in [6, 6.07) is 40.5. The summed E-state index contributed by atoms with van der Waals surface area (Å²) < 4.78 is 3.62. The maximum atomic E-state index is 16.4. The van der Waals surface area contributed by atoms with E-state index in [0.717, 1.165) is 219 Å². The van der Waals surface area contributed by atoms with Crippen LogP contribution in [0.15, 0.2) is 141 Å². The lowest BCUT2D eigenvalue weighted by Crippen LogP contribution is -2.34. The molecule has 0 radical (unpaired) electrons. The van der Waals surface area contributed by atoms with Gasteiger partial charge in [-0.15, -0.1) is 113 Å². The van der Waals surface area contributed by atoms with E-state index >= 15 is 19.2 Å². The van der Waals surface area contributed by atoms with Crippen LogP contribution in [0.3, 0.4) is 0 Å². The number of likely N-dealkylation sites (N-methyl/N-ethyl adjacent to an activating group) is 2. The van der Waals surface area contributed by atoms with E-state index in [1.165, 1.54) is 113 Å². The number of hydrogen-bond donors (Lipinski definition) is 0. The standard InChI is InChI=1S/C114H132N6O6S14/c1-15-29-35-67(21-7)57-73-43-47-85(131-73)95-77-61-91(83-51-55-89(135-83)103-99-97(109(123)119(103)65-71(25-11)39-33-19-5)101(117(111(99)125)63-69(23-9)37-31-17-3)87-53-49-81(133-87)79-45-41-75(129-79)59-93-107(121)115(27-13)113(127)139-93)138-106(77)96(86-48-44-74(132-86)58-68(22-8)36-30-16-2)78-62-92(137-105(78)95)84-52-56-90(136-84)104-100-98(110(124)120(104)66-72(26-12)40-34-20-6)102(118(112(100)126)64-70(24-10)38-32-18-4)88-54-50-82(134-88)80-46-42-76(130-80)60-94-108(122)116(28-14)114(128)140-94/h41-56,59-62,67-72H,15-40,57-58,63-66H2,1-14H3/b93-59+,94-60+. The zero-order chi connectivity index (χ0) is 98.4. The minimum absolute atomic E-state index is 0.0627. The van der Waals surface area contributed by atoms with Crippen molar-refractivity contribution in [3.8, 4) is 59.9 Å². The molecule has 17 rings (SSSR count). The molecule has 0 spiro atoms. The van der Waals surface area contributed by atoms with Crippen molar-refractivity contribution < 1.29 is 28.8 Å². The van der Waals surface area contributed by atoms with Crippen LogP contribution in [0.1, 0.15) is 290 Å². The number of benzene rings is 1. The van der Waals surface area contributed by atoms with E-state index in [4.69, 9.17) is 24.4 Å². The largest absolute Gasteiger partial charge is 0.306 e. The smallest absolute Gasteiger partial charge is 0.266 e. The Morgan fingerprint density at radius 2 is 0.529 bits per heavy atom. The number of nitrogens with zero attached hydrogens (tertiary/aromatic N) is 6. The number of amides is 6. The second-order valence-electron chi connectivity index (χ2n) is 38.4. The highest BCUT2D eigenvalue weighted by molar-refractivity contribution is 8.27. The SMILES string of the molecule is CCCCC(CC)Cc1ccc(-c2c3cc(-c4ccc(C5=C6C(=O)N(CC(CC)CCCC)C(c7ccc(-c8ccc(/C=C9/SC(=S)N(CC)C9=O)s8)s7)=C6C(=O)N5CC(CC)CCCC)s4)sc3c(-c3ccc(CC(CC)CCCC)s3)c3cc(-c4ccc(C5=C6C(=O)N(CC(CC)CCCC)C(c7ccc(-c8ccc(/C=C9/SC(=S)N(CC)C9=O)s8)s7)=C6C(=O)N5CC(CC)CCCC)s4)sc23)s1. The monoisotopic (exact) mass is 2130 g/mol. The predicted octanol–water partition coefficient (Wildman–Crippen LogP) is 35.0. The molecular formula is C114H132N6O6S14. The number of carbonyl (C=O) groups is 6. The quantitative estimate of drug-likeness (QED) is 0.0269. The minimum atomic E-state index is -0.0968. The first-order valence-electron chi connectivity index (χ1n) is 51.7. The highest BCUT2D eigenvalue weighted by atomic mass is 32.2. The molecule has 10 aromatic heterocycles. The zero-order valence-corrected chi connectivity index (χ0v) is 94.9. The van der Waals surface area contributed by atoms with Gasteiger partial charge in [0.15, 0.2) is 0 Å². The van der Waals surface area contributed by atoms with Gasteiger partial charge in [0.2, 0.25) is 0 Å². The Morgan fingerprint density at radius 1 is 0.271 bits per heavy atom. The molecule has 6 atom stereocenters. The molecule has 12 nitrogen and oxygen atoms in total. The number of fused-ring (bicyclic) bond motifs is 4. The summed E-state index contributed by atoms with van der Waals surface area (Å²) in [5.41, 5.74) is 7.48. The van der Waals surface area contributed by atoms with E-state index in [2.05, 4.69) is 192 Å². The fraction of sp³-hybridized carbons (Fsp3) is 0.456. The van der Waals surface area contributed by atoms with Crippen molar-refractivity contribution in [3.05, 3.63) is 180 Å². The van der Waals surface area contributed by atoms with Gasteiger partial charge < -0.3 is 19.6 Å². The third-order valence-corrected chi connectivity index (χ3v) is 43.7. The summed E-state index contributed by atoms with van der Waals surface area (Å²) in [6.07, 6.45) is 31.3. The van der Waals surface area contributed by atoms with Crippen LogP contribution < -0.4 is 0 Å². The first-order chi connectivity index (χ1) is 68.1. The lowest BCUT2D eigenvalue weighted by atomic mass is 9.95. The Bertz CT molecular complexity index is 6230. The summed E-state index contributed by atoms with van der Waals surface area (Å²) in [6.45, 7) is 34.2. The molecule has 1 aromatic carbocycles. The Balaban J connectivity index is 0.824. The van der Waals surface area contributed by atoms with Crippen molar-refractivity contribution in [1.82, 2.24) is 29.4 Å². The molecule has 6 aliphatic heterocycles. The fourth-order valence-corrected chi connectivity index (χ4v) is 35.1. The van der Waals surface area contributed by atoms with Crippen LogP contribution in [0.25, 0.3) is 115 Å². The van der Waals surface area contributed by atoms with Gasteiger partial charge in [0.25, 0.3) is 35.4 Å². The van der Waals surface area contributed by atoms with Gasteiger partial charge in [-0.1, -0.05) is 259 Å². The first-order valence-corrected chi connectivity index (χ1v) is 62.3. The van der Waals surface area contributed by atoms with Crippen LogP contribution >= 0.6 is 161 Å². The van der Waals surface area contributed by atoms with Gasteiger partial charge in [-0.05, 0) is 209 Å². The Hall–Kier alpha value is -7.12. The van der Waals surface area contributed by atoms with Crippen LogP contribution in [-0.2, 0) is 41.6 Å². The molecule has 0 N–H and O–H groups in total. The average molecular weight is 2130 g/mol. The van der Waals surface area contributed by atoms with Crippen molar-refractivity contribution >= 4 is 261 Å². The molecule has 6 unspecified atom stereocenters. The molecule has 6 aliphatic rings. The molecular weight excluding hydrogens is 2000 g/mol. The number of thiophene rings is 10. The maximum Gasteiger partial charge on any atom is 0.266 e. The summed E-state index contributed by atoms with van der Waals surface area (Å²) in [5.74, 6) is 1.53. The number of thiocarbonyl (C=S) groups is 2. The van der Waals surface area contributed by atoms with Crippen LogP contribution in [-0.4, -0.2) is 113 Å². The number of rotatable bonds is 50. The van der Waals surface area contributed by atoms with E-state index in [9.17, 15) is 9.59 Å². The molecule has 0 aliphatic carbocycles. The second kappa shape index (κ2) is 47.2. The molecule has 16 heterocycles. The lowest BCUT2D eigenvalue weighted by molar-refractivity contribution is -0.124. The third kappa shape index (κ3) is 21.4. The van der Waals surface area contributed by atoms with Gasteiger partial charge >= 0.3 is 0 Å². The highest BCUT2D eigenvalue weighted by Gasteiger charge is 2.53. The van der Waals surface area contributed by atoms with Crippen LogP contribution in [0.4, 0.5) is 0 Å². The Kier molecular flexibility index (Phi) is 35.1. The number of carbonyl (C=O) groups excluding carboxylic acids is 6. The van der Waals surface area contributed by atoms with E-state index in [0.29, 0.717) is 91.8 Å². The van der Waals surface area contributed by atoms with Crippen molar-refractivity contribution in [2.24, 2.45) is 35.5 Å². The molecule has 140 heavy (non-hydrogen) atoms. The van der Waals surface area contributed by atoms with Crippen molar-refractivity contribution in [2.75, 3.05) is 39.3 Å². The fourth-order valence-electron chi connectivity index (χ4n) is 20.7. The van der Waals surface area contributed by atoms with Gasteiger partial charge in [0.05, 0.1) is 74.4 Å². The van der Waals surface area contributed by atoms with Gasteiger partial charge in [-0.25, -0.2) is 0 Å². The van der Waals surface area contributed by atoms with Gasteiger partial charge in [0, 0.05) is 139 Å². The molecule has 11 aromatic rings. The topological polar surface area (TPSA) is 122 Å². The van der Waals surface area contributed by atoms with Crippen LogP contribution in [0, 0.1) is 35.5 Å². The normalized spacial score (nSPS) is 17.4. The summed E-state index contributed by atoms with van der Waals surface area (Å²) >= 11 is 31.5. The Morgan fingerprint density at radius 3 is 0.800 bits per heavy atom. The average Bonchev–Trinajstić information content (AvgIpc) is 1.56. The highest BCUT2D eigenvalue weighted by Crippen LogP contribution is 2.59. The molecule has 6 amide bonds. The predicted molar refractivity (Wildman–Crippen MR) is 619 cm³/mol. The van der Waals surface area contributed by atoms with Crippen molar-refractivity contribution in [3.63, 3.8) is 0 Å². The molecule has 2 saturated heterocycles. The summed E-state index contributed by atoms with van der Waals surface area (Å²) in [4.78, 5) is 125. The first kappa shape index (κ1) is 104. The number of unbranched alkanes of at least 4 members (excludes halogenated alkanes) is 6. The third-order valence-electron chi connectivity index (χ3n) is 29.1. The van der Waals surface area contributed by atoms with E-state index in [1.54, 1.807) is 77.8 Å². The molecule has 26 heteroatoms. The van der Waals surface area contributed by atoms with E-state index in [1.807, 2.05) is 90.9 Å². The minimum Gasteiger partial charge on any atom is -0.306 e. The lowest BCUT2D eigenvalue weighted by Gasteiger charge is -2.29. The molecule has 2 fully saturated rings. The zero-order valence-electron chi connectivity index (χ0n) is 83.5. The number of hydrogen-bond acceptors (Lipinski definition) is 20. The van der Waals surface area contributed by atoms with Gasteiger partial charge in [0.1, 0.15) is 8.64 Å². The molecule has 738 valence electrons. The Labute approximate surface area is 888 Å². The van der Waals surface area contributed by atoms with Crippen molar-refractivity contribution in [1.29, 1.82) is 0 Å². The second-order valence-corrected chi connectivity index (χ2v) is 52.7. The van der Waals surface area contributed by atoms with Crippen LogP contribution in [0.5, 0.6) is 0 Å². The van der Waals surface area contributed by atoms with E-state index < -0.39 is 0 Å². The molecule has 0 saturated carbocycles.